The third-order valence-electron chi connectivity index (χ3n) is 8.76. The molecule has 12 nitrogen and oxygen atoms in total. The van der Waals surface area contributed by atoms with Gasteiger partial charge in [0.05, 0.1) is 31.6 Å². The maximum atomic E-state index is 13.7. The Labute approximate surface area is 237 Å². The van der Waals surface area contributed by atoms with E-state index in [2.05, 4.69) is 16.4 Å². The molecule has 1 aromatic heterocycles. The number of nitrogens with zero attached hydrogens (tertiary/aromatic N) is 4. The number of likely N-dealkylation sites (tertiary alicyclic amines) is 1. The molecule has 5 aliphatic rings. The predicted molar refractivity (Wildman–Crippen MR) is 144 cm³/mol. The third-order valence-corrected chi connectivity index (χ3v) is 8.76. The number of carbonyl (C=O) groups is 3. The van der Waals surface area contributed by atoms with Crippen LogP contribution in [-0.4, -0.2) is 104 Å². The van der Waals surface area contributed by atoms with Crippen molar-refractivity contribution in [3.63, 3.8) is 0 Å². The van der Waals surface area contributed by atoms with Crippen molar-refractivity contribution in [2.45, 2.75) is 43.4 Å². The van der Waals surface area contributed by atoms with Crippen LogP contribution < -0.4 is 10.1 Å². The van der Waals surface area contributed by atoms with Crippen LogP contribution in [0, 0.1) is 17.2 Å². The summed E-state index contributed by atoms with van der Waals surface area (Å²) < 4.78 is 22.3. The Bertz CT molecular complexity index is 1350. The van der Waals surface area contributed by atoms with Gasteiger partial charge in [0.25, 0.3) is 0 Å². The zero-order chi connectivity index (χ0) is 28.6. The summed E-state index contributed by atoms with van der Waals surface area (Å²) in [6.07, 6.45) is 6.60. The van der Waals surface area contributed by atoms with Crippen molar-refractivity contribution in [1.29, 1.82) is 5.26 Å². The Balaban J connectivity index is 1.20. The SMILES string of the molecule is COC1COCC[C@@H]1Oc1cc(NC(=O)N2CCCC3=CC(CN4CCOCC4=O)=C(C=O)C4CC342)ncc1C#N. The number of aldehydes is 1. The monoisotopic (exact) mass is 563 g/mol. The Morgan fingerprint density at radius 3 is 2.98 bits per heavy atom. The molecule has 1 saturated carbocycles. The molecular formula is C29H33N5O7. The van der Waals surface area contributed by atoms with E-state index < -0.39 is 5.54 Å². The number of hydrogen-bond acceptors (Lipinski definition) is 9. The zero-order valence-corrected chi connectivity index (χ0v) is 23.0. The summed E-state index contributed by atoms with van der Waals surface area (Å²) in [5, 5.41) is 12.5. The number of methoxy groups -OCH3 is 1. The van der Waals surface area contributed by atoms with E-state index in [9.17, 15) is 19.6 Å². The molecular weight excluding hydrogens is 530 g/mol. The molecule has 6 rings (SSSR count). The maximum Gasteiger partial charge on any atom is 0.323 e. The van der Waals surface area contributed by atoms with Gasteiger partial charge in [0.2, 0.25) is 5.91 Å². The van der Waals surface area contributed by atoms with E-state index in [1.165, 1.54) is 6.20 Å². The average Bonchev–Trinajstić information content (AvgIpc) is 3.72. The minimum absolute atomic E-state index is 0.0553. The molecule has 4 atom stereocenters. The zero-order valence-electron chi connectivity index (χ0n) is 23.0. The van der Waals surface area contributed by atoms with E-state index in [1.54, 1.807) is 18.1 Å². The van der Waals surface area contributed by atoms with Crippen LogP contribution >= 0.6 is 0 Å². The van der Waals surface area contributed by atoms with E-state index in [-0.39, 0.29) is 48.1 Å². The van der Waals surface area contributed by atoms with Crippen molar-refractivity contribution in [3.8, 4) is 11.8 Å². The van der Waals surface area contributed by atoms with Crippen molar-refractivity contribution in [3.05, 3.63) is 40.6 Å². The molecule has 4 heterocycles. The number of amides is 3. The summed E-state index contributed by atoms with van der Waals surface area (Å²) in [5.74, 6) is 0.393. The van der Waals surface area contributed by atoms with Gasteiger partial charge in [-0.15, -0.1) is 0 Å². The van der Waals surface area contributed by atoms with Gasteiger partial charge < -0.3 is 28.7 Å². The number of hydrogen-bond donors (Lipinski definition) is 1. The molecule has 4 fully saturated rings. The molecule has 1 N–H and O–H groups in total. The predicted octanol–water partition coefficient (Wildman–Crippen LogP) is 1.82. The highest BCUT2D eigenvalue weighted by molar-refractivity contribution is 5.92. The van der Waals surface area contributed by atoms with Crippen molar-refractivity contribution in [2.24, 2.45) is 5.92 Å². The van der Waals surface area contributed by atoms with Gasteiger partial charge in [0.1, 0.15) is 48.3 Å². The molecule has 3 saturated heterocycles. The lowest BCUT2D eigenvalue weighted by molar-refractivity contribution is -0.142. The first-order valence-corrected chi connectivity index (χ1v) is 14.0. The van der Waals surface area contributed by atoms with Crippen LogP contribution in [0.25, 0.3) is 0 Å². The molecule has 2 aliphatic carbocycles. The first-order valence-electron chi connectivity index (χ1n) is 14.0. The van der Waals surface area contributed by atoms with Gasteiger partial charge in [-0.1, -0.05) is 6.08 Å². The largest absolute Gasteiger partial charge is 0.486 e. The van der Waals surface area contributed by atoms with Crippen molar-refractivity contribution in [1.82, 2.24) is 14.8 Å². The Morgan fingerprint density at radius 1 is 1.32 bits per heavy atom. The molecule has 3 unspecified atom stereocenters. The van der Waals surface area contributed by atoms with Crippen LogP contribution in [0.15, 0.2) is 35.1 Å². The number of anilines is 1. The molecule has 216 valence electrons. The highest BCUT2D eigenvalue weighted by atomic mass is 16.6. The summed E-state index contributed by atoms with van der Waals surface area (Å²) in [4.78, 5) is 46.1. The summed E-state index contributed by atoms with van der Waals surface area (Å²) in [7, 11) is 1.59. The summed E-state index contributed by atoms with van der Waals surface area (Å²) in [6, 6.07) is 3.35. The van der Waals surface area contributed by atoms with Gasteiger partial charge in [0, 0.05) is 50.7 Å². The third kappa shape index (κ3) is 4.98. The lowest BCUT2D eigenvalue weighted by Gasteiger charge is -2.41. The lowest BCUT2D eigenvalue weighted by Crippen LogP contribution is -2.51. The number of rotatable bonds is 7. The standard InChI is InChI=1S/C29H33N5O7/c1-38-25-16-39-7-4-23(25)41-24-10-26(31-13-19(24)12-30)32-28(37)34-5-2-3-20-9-18(14-33-6-8-40-17-27(33)36)21(15-35)22-11-29(20,22)34/h9-10,13,15,22-23,25H,2-8,11,14,16-17H2,1H3,(H,31,32,37)/t22?,23-,25?,29?/m0/s1. The number of urea groups is 1. The first-order chi connectivity index (χ1) is 20.0. The topological polar surface area (TPSA) is 143 Å². The number of morpholine rings is 1. The molecule has 1 spiro atoms. The van der Waals surface area contributed by atoms with Crippen LogP contribution in [0.4, 0.5) is 10.6 Å². The smallest absolute Gasteiger partial charge is 0.323 e. The van der Waals surface area contributed by atoms with Crippen LogP contribution in [0.1, 0.15) is 31.2 Å². The molecule has 41 heavy (non-hydrogen) atoms. The van der Waals surface area contributed by atoms with Crippen molar-refractivity contribution < 1.29 is 33.3 Å². The van der Waals surface area contributed by atoms with Gasteiger partial charge in [-0.05, 0) is 30.4 Å². The molecule has 3 aliphatic heterocycles. The summed E-state index contributed by atoms with van der Waals surface area (Å²) in [6.45, 7) is 2.86. The quantitative estimate of drug-likeness (QED) is 0.491. The Morgan fingerprint density at radius 2 is 2.20 bits per heavy atom. The summed E-state index contributed by atoms with van der Waals surface area (Å²) >= 11 is 0. The van der Waals surface area contributed by atoms with Crippen LogP contribution in [-0.2, 0) is 23.8 Å². The number of pyridine rings is 1. The van der Waals surface area contributed by atoms with Crippen molar-refractivity contribution >= 4 is 24.0 Å². The minimum atomic E-state index is -0.545. The number of ether oxygens (including phenoxy) is 4. The van der Waals surface area contributed by atoms with E-state index in [4.69, 9.17) is 18.9 Å². The molecule has 1 aromatic rings. The summed E-state index contributed by atoms with van der Waals surface area (Å²) in [5.41, 5.74) is 2.34. The first kappa shape index (κ1) is 27.4. The van der Waals surface area contributed by atoms with E-state index in [1.807, 2.05) is 11.0 Å². The number of nitriles is 1. The fraction of sp³-hybridized carbons (Fsp3) is 0.552. The van der Waals surface area contributed by atoms with Gasteiger partial charge >= 0.3 is 6.03 Å². The fourth-order valence-corrected chi connectivity index (χ4v) is 6.58. The van der Waals surface area contributed by atoms with Gasteiger partial charge in [-0.3, -0.25) is 14.9 Å². The fourth-order valence-electron chi connectivity index (χ4n) is 6.58. The second kappa shape index (κ2) is 11.2. The van der Waals surface area contributed by atoms with E-state index in [0.29, 0.717) is 63.6 Å². The lowest BCUT2D eigenvalue weighted by atomic mass is 9.82. The van der Waals surface area contributed by atoms with Crippen LogP contribution in [0.3, 0.4) is 0 Å². The molecule has 0 aromatic carbocycles. The van der Waals surface area contributed by atoms with E-state index >= 15 is 0 Å². The maximum absolute atomic E-state index is 13.7. The van der Waals surface area contributed by atoms with E-state index in [0.717, 1.165) is 30.3 Å². The minimum Gasteiger partial charge on any atom is -0.486 e. The second-order valence-corrected chi connectivity index (χ2v) is 11.0. The number of piperidine rings is 1. The number of nitrogens with one attached hydrogen (secondary N) is 1. The average molecular weight is 564 g/mol. The molecule has 0 radical (unpaired) electrons. The Kier molecular flexibility index (Phi) is 7.50. The molecule has 12 heteroatoms. The number of aromatic nitrogens is 1. The van der Waals surface area contributed by atoms with Crippen LogP contribution in [0.5, 0.6) is 5.75 Å². The van der Waals surface area contributed by atoms with Gasteiger partial charge in [0.15, 0.2) is 0 Å². The molecule has 3 amide bonds. The van der Waals surface area contributed by atoms with Crippen LogP contribution in [0.2, 0.25) is 0 Å². The van der Waals surface area contributed by atoms with Gasteiger partial charge in [-0.2, -0.15) is 5.26 Å². The van der Waals surface area contributed by atoms with Gasteiger partial charge in [-0.25, -0.2) is 9.78 Å². The van der Waals surface area contributed by atoms with Crippen molar-refractivity contribution in [2.75, 3.05) is 58.5 Å². The highest BCUT2D eigenvalue weighted by Gasteiger charge is 2.65. The number of carbonyl (C=O) groups excluding carboxylic acids is 3. The highest BCUT2D eigenvalue weighted by Crippen LogP contribution is 2.62. The Hall–Kier alpha value is -3.79. The second-order valence-electron chi connectivity index (χ2n) is 11.0. The molecule has 0 bridgehead atoms. The normalized spacial score (nSPS) is 29.1.